The number of nitrogens with zero attached hydrogens (tertiary/aromatic N) is 1. The summed E-state index contributed by atoms with van der Waals surface area (Å²) >= 11 is 1.76. The fourth-order valence-corrected chi connectivity index (χ4v) is 3.02. The third-order valence-corrected chi connectivity index (χ3v) is 4.35. The number of rotatable bonds is 8. The van der Waals surface area contributed by atoms with Gasteiger partial charge in [-0.2, -0.15) is 11.3 Å². The summed E-state index contributed by atoms with van der Waals surface area (Å²) in [6.07, 6.45) is 2.52. The van der Waals surface area contributed by atoms with Crippen LogP contribution in [0.1, 0.15) is 45.2 Å². The van der Waals surface area contributed by atoms with Crippen molar-refractivity contribution in [1.29, 1.82) is 0 Å². The molecule has 0 bridgehead atoms. The average molecular weight is 254 g/mol. The van der Waals surface area contributed by atoms with Crippen molar-refractivity contribution in [2.24, 2.45) is 11.7 Å². The van der Waals surface area contributed by atoms with Crippen molar-refractivity contribution >= 4 is 11.3 Å². The molecule has 0 saturated carbocycles. The molecule has 1 aromatic rings. The smallest absolute Gasteiger partial charge is 0.0478 e. The van der Waals surface area contributed by atoms with Gasteiger partial charge in [0.2, 0.25) is 0 Å². The second kappa shape index (κ2) is 7.85. The second-order valence-corrected chi connectivity index (χ2v) is 5.36. The first-order valence-corrected chi connectivity index (χ1v) is 7.67. The molecule has 0 aliphatic rings. The number of hydrogen-bond acceptors (Lipinski definition) is 3. The molecule has 1 atom stereocenters. The molecule has 1 heterocycles. The van der Waals surface area contributed by atoms with E-state index in [4.69, 9.17) is 5.73 Å². The predicted octanol–water partition coefficient (Wildman–Crippen LogP) is 3.51. The first-order chi connectivity index (χ1) is 8.26. The highest BCUT2D eigenvalue weighted by atomic mass is 32.1. The van der Waals surface area contributed by atoms with Crippen LogP contribution in [0.15, 0.2) is 16.8 Å². The van der Waals surface area contributed by atoms with E-state index < -0.39 is 0 Å². The minimum Gasteiger partial charge on any atom is -0.329 e. The highest BCUT2D eigenvalue weighted by molar-refractivity contribution is 7.07. The van der Waals surface area contributed by atoms with E-state index in [9.17, 15) is 0 Å². The third-order valence-electron chi connectivity index (χ3n) is 3.65. The monoisotopic (exact) mass is 254 g/mol. The maximum Gasteiger partial charge on any atom is 0.0478 e. The van der Waals surface area contributed by atoms with Crippen molar-refractivity contribution in [3.63, 3.8) is 0 Å². The number of hydrogen-bond donors (Lipinski definition) is 1. The summed E-state index contributed by atoms with van der Waals surface area (Å²) in [5.41, 5.74) is 7.34. The van der Waals surface area contributed by atoms with E-state index >= 15 is 0 Å². The Morgan fingerprint density at radius 3 is 2.41 bits per heavy atom. The summed E-state index contributed by atoms with van der Waals surface area (Å²) in [5, 5.41) is 4.37. The maximum atomic E-state index is 5.96. The van der Waals surface area contributed by atoms with Crippen LogP contribution in [0.25, 0.3) is 0 Å². The summed E-state index contributed by atoms with van der Waals surface area (Å²) in [6.45, 7) is 9.76. The van der Waals surface area contributed by atoms with E-state index in [0.29, 0.717) is 12.6 Å². The summed E-state index contributed by atoms with van der Waals surface area (Å²) < 4.78 is 0. The van der Waals surface area contributed by atoms with Gasteiger partial charge in [-0.05, 0) is 34.9 Å². The first kappa shape index (κ1) is 14.7. The molecule has 0 aliphatic carbocycles. The van der Waals surface area contributed by atoms with Gasteiger partial charge in [-0.1, -0.05) is 33.6 Å². The number of nitrogens with two attached hydrogens (primary N) is 1. The molecule has 0 saturated heterocycles. The summed E-state index contributed by atoms with van der Waals surface area (Å²) in [5.74, 6) is 0.794. The standard InChI is InChI=1S/C14H26N2S/c1-4-12(5-2)10-16(6-3)14(9-15)13-7-8-17-11-13/h7-8,11-12,14H,4-6,9-10,15H2,1-3H3. The van der Waals surface area contributed by atoms with E-state index in [2.05, 4.69) is 42.5 Å². The molecule has 2 N–H and O–H groups in total. The Morgan fingerprint density at radius 1 is 1.29 bits per heavy atom. The molecule has 1 rings (SSSR count). The van der Waals surface area contributed by atoms with Gasteiger partial charge in [-0.25, -0.2) is 0 Å². The molecular formula is C14H26N2S. The van der Waals surface area contributed by atoms with Gasteiger partial charge in [-0.3, -0.25) is 4.90 Å². The van der Waals surface area contributed by atoms with Crippen molar-refractivity contribution in [1.82, 2.24) is 4.90 Å². The van der Waals surface area contributed by atoms with E-state index in [1.54, 1.807) is 11.3 Å². The molecule has 0 spiro atoms. The quantitative estimate of drug-likeness (QED) is 0.769. The van der Waals surface area contributed by atoms with Gasteiger partial charge in [0, 0.05) is 19.1 Å². The molecular weight excluding hydrogens is 228 g/mol. The number of thiophene rings is 1. The zero-order valence-corrected chi connectivity index (χ0v) is 12.2. The SMILES string of the molecule is CCC(CC)CN(CC)C(CN)c1ccsc1. The maximum absolute atomic E-state index is 5.96. The van der Waals surface area contributed by atoms with Crippen LogP contribution in [0.3, 0.4) is 0 Å². The molecule has 1 aromatic heterocycles. The molecule has 2 nitrogen and oxygen atoms in total. The van der Waals surface area contributed by atoms with Crippen LogP contribution in [-0.4, -0.2) is 24.5 Å². The molecule has 0 aromatic carbocycles. The normalized spacial score (nSPS) is 13.5. The van der Waals surface area contributed by atoms with Crippen LogP contribution in [0.4, 0.5) is 0 Å². The van der Waals surface area contributed by atoms with Gasteiger partial charge in [0.25, 0.3) is 0 Å². The molecule has 0 amide bonds. The molecule has 98 valence electrons. The van der Waals surface area contributed by atoms with Gasteiger partial charge in [0.05, 0.1) is 0 Å². The Bertz CT molecular complexity index is 280. The summed E-state index contributed by atoms with van der Waals surface area (Å²) in [6, 6.07) is 2.60. The fourth-order valence-electron chi connectivity index (χ4n) is 2.32. The Morgan fingerprint density at radius 2 is 2.00 bits per heavy atom. The lowest BCUT2D eigenvalue weighted by Gasteiger charge is -2.32. The zero-order valence-electron chi connectivity index (χ0n) is 11.4. The lowest BCUT2D eigenvalue weighted by Crippen LogP contribution is -2.36. The van der Waals surface area contributed by atoms with Crippen molar-refractivity contribution in [3.8, 4) is 0 Å². The van der Waals surface area contributed by atoms with Crippen molar-refractivity contribution in [3.05, 3.63) is 22.4 Å². The van der Waals surface area contributed by atoms with Crippen LogP contribution in [0, 0.1) is 5.92 Å². The van der Waals surface area contributed by atoms with Crippen LogP contribution < -0.4 is 5.73 Å². The van der Waals surface area contributed by atoms with Crippen LogP contribution in [0.5, 0.6) is 0 Å². The molecule has 0 fully saturated rings. The Labute approximate surface area is 110 Å². The Hall–Kier alpha value is -0.380. The van der Waals surface area contributed by atoms with Gasteiger partial charge in [0.15, 0.2) is 0 Å². The Kier molecular flexibility index (Phi) is 6.78. The van der Waals surface area contributed by atoms with Crippen LogP contribution in [-0.2, 0) is 0 Å². The van der Waals surface area contributed by atoms with Gasteiger partial charge >= 0.3 is 0 Å². The lowest BCUT2D eigenvalue weighted by molar-refractivity contribution is 0.174. The average Bonchev–Trinajstić information content (AvgIpc) is 2.88. The topological polar surface area (TPSA) is 29.3 Å². The van der Waals surface area contributed by atoms with E-state index in [-0.39, 0.29) is 0 Å². The second-order valence-electron chi connectivity index (χ2n) is 4.58. The lowest BCUT2D eigenvalue weighted by atomic mass is 10.0. The minimum atomic E-state index is 0.395. The molecule has 0 aliphatic heterocycles. The fraction of sp³-hybridized carbons (Fsp3) is 0.714. The van der Waals surface area contributed by atoms with E-state index in [1.165, 1.54) is 24.9 Å². The molecule has 0 radical (unpaired) electrons. The zero-order chi connectivity index (χ0) is 12.7. The van der Waals surface area contributed by atoms with Crippen molar-refractivity contribution in [2.45, 2.75) is 39.7 Å². The summed E-state index contributed by atoms with van der Waals surface area (Å²) in [7, 11) is 0. The van der Waals surface area contributed by atoms with Crippen molar-refractivity contribution < 1.29 is 0 Å². The Balaban J connectivity index is 2.70. The van der Waals surface area contributed by atoms with Crippen LogP contribution in [0.2, 0.25) is 0 Å². The molecule has 1 unspecified atom stereocenters. The van der Waals surface area contributed by atoms with Gasteiger partial charge < -0.3 is 5.73 Å². The first-order valence-electron chi connectivity index (χ1n) is 6.72. The van der Waals surface area contributed by atoms with Gasteiger partial charge in [0.1, 0.15) is 0 Å². The van der Waals surface area contributed by atoms with E-state index in [0.717, 1.165) is 12.5 Å². The molecule has 3 heteroatoms. The minimum absolute atomic E-state index is 0.395. The number of likely N-dealkylation sites (N-methyl/N-ethyl adjacent to an activating group) is 1. The van der Waals surface area contributed by atoms with Gasteiger partial charge in [-0.15, -0.1) is 0 Å². The predicted molar refractivity (Wildman–Crippen MR) is 77.4 cm³/mol. The third kappa shape index (κ3) is 4.09. The largest absolute Gasteiger partial charge is 0.329 e. The van der Waals surface area contributed by atoms with Crippen LogP contribution >= 0.6 is 11.3 Å². The highest BCUT2D eigenvalue weighted by Crippen LogP contribution is 2.24. The highest BCUT2D eigenvalue weighted by Gasteiger charge is 2.20. The summed E-state index contributed by atoms with van der Waals surface area (Å²) in [4.78, 5) is 2.53. The van der Waals surface area contributed by atoms with E-state index in [1.807, 2.05) is 0 Å². The molecule has 17 heavy (non-hydrogen) atoms. The van der Waals surface area contributed by atoms with Crippen molar-refractivity contribution in [2.75, 3.05) is 19.6 Å².